The largest absolute Gasteiger partial charge is 0.315 e. The average molecular weight is 333 g/mol. The molecule has 0 saturated heterocycles. The first-order chi connectivity index (χ1) is 10.5. The van der Waals surface area contributed by atoms with Crippen molar-refractivity contribution in [2.75, 3.05) is 5.32 Å². The number of benzene rings is 1. The summed E-state index contributed by atoms with van der Waals surface area (Å²) in [5.41, 5.74) is 4.07. The summed E-state index contributed by atoms with van der Waals surface area (Å²) in [7, 11) is 0. The highest BCUT2D eigenvalue weighted by molar-refractivity contribution is 7.17. The normalized spacial score (nSPS) is 17.5. The van der Waals surface area contributed by atoms with Gasteiger partial charge in [-0.3, -0.25) is 9.79 Å². The van der Waals surface area contributed by atoms with Crippen molar-refractivity contribution in [2.45, 2.75) is 33.2 Å². The number of fused-ring (bicyclic) bond motifs is 1. The number of aryl methyl sites for hydroxylation is 1. The summed E-state index contributed by atoms with van der Waals surface area (Å²) in [5, 5.41) is 4.62. The van der Waals surface area contributed by atoms with E-state index in [0.29, 0.717) is 11.4 Å². The van der Waals surface area contributed by atoms with Crippen LogP contribution in [0.1, 0.15) is 34.9 Å². The quantitative estimate of drug-likeness (QED) is 0.858. The predicted molar refractivity (Wildman–Crippen MR) is 93.6 cm³/mol. The Labute approximate surface area is 139 Å². The van der Waals surface area contributed by atoms with Crippen molar-refractivity contribution in [2.24, 2.45) is 4.99 Å². The number of carbonyl (C=O) groups excluding carboxylic acids is 1. The van der Waals surface area contributed by atoms with Crippen molar-refractivity contribution in [3.63, 3.8) is 0 Å². The number of amides is 1. The van der Waals surface area contributed by atoms with Gasteiger partial charge in [0, 0.05) is 21.0 Å². The van der Waals surface area contributed by atoms with E-state index in [-0.39, 0.29) is 11.9 Å². The molecule has 114 valence electrons. The van der Waals surface area contributed by atoms with Crippen LogP contribution in [0, 0.1) is 13.8 Å². The summed E-state index contributed by atoms with van der Waals surface area (Å²) in [5.74, 6) is -0.0334. The summed E-state index contributed by atoms with van der Waals surface area (Å²) in [6, 6.07) is 7.27. The van der Waals surface area contributed by atoms with Crippen molar-refractivity contribution in [3.8, 4) is 0 Å². The number of rotatable bonds is 2. The summed E-state index contributed by atoms with van der Waals surface area (Å²) in [6.07, 6.45) is 0.676. The highest BCUT2D eigenvalue weighted by atomic mass is 35.5. The Hall–Kier alpha value is -1.65. The fraction of sp³-hybridized carbons (Fsp3) is 0.294. The zero-order chi connectivity index (χ0) is 15.9. The number of carbonyl (C=O) groups is 1. The van der Waals surface area contributed by atoms with E-state index in [1.165, 1.54) is 10.4 Å². The molecule has 2 heterocycles. The summed E-state index contributed by atoms with van der Waals surface area (Å²) in [6.45, 7) is 6.12. The Balaban J connectivity index is 2.23. The fourth-order valence-electron chi connectivity index (χ4n) is 2.58. The van der Waals surface area contributed by atoms with Crippen molar-refractivity contribution in [1.29, 1.82) is 0 Å². The minimum atomic E-state index is -0.356. The van der Waals surface area contributed by atoms with Gasteiger partial charge in [-0.25, -0.2) is 0 Å². The molecule has 0 saturated carbocycles. The second-order valence-electron chi connectivity index (χ2n) is 5.39. The van der Waals surface area contributed by atoms with E-state index in [2.05, 4.69) is 19.2 Å². The van der Waals surface area contributed by atoms with Gasteiger partial charge in [-0.2, -0.15) is 0 Å². The van der Waals surface area contributed by atoms with Gasteiger partial charge in [-0.1, -0.05) is 30.7 Å². The first-order valence-electron chi connectivity index (χ1n) is 7.26. The topological polar surface area (TPSA) is 41.5 Å². The molecule has 3 rings (SSSR count). The molecule has 1 aromatic heterocycles. The molecule has 1 atom stereocenters. The summed E-state index contributed by atoms with van der Waals surface area (Å²) >= 11 is 7.60. The minimum absolute atomic E-state index is 0.0334. The van der Waals surface area contributed by atoms with Crippen LogP contribution in [0.3, 0.4) is 0 Å². The van der Waals surface area contributed by atoms with Gasteiger partial charge in [0.15, 0.2) is 0 Å². The zero-order valence-electron chi connectivity index (χ0n) is 12.7. The SMILES string of the molecule is CC[C@@H]1N=C(c2ccc(Cl)cc2)c2c(sc(C)c2C)NC1=O. The van der Waals surface area contributed by atoms with Gasteiger partial charge in [0.1, 0.15) is 11.0 Å². The highest BCUT2D eigenvalue weighted by Crippen LogP contribution is 2.36. The molecule has 0 spiro atoms. The van der Waals surface area contributed by atoms with Crippen molar-refractivity contribution >= 4 is 39.6 Å². The number of nitrogens with zero attached hydrogens (tertiary/aromatic N) is 1. The lowest BCUT2D eigenvalue weighted by Gasteiger charge is -2.09. The van der Waals surface area contributed by atoms with Crippen LogP contribution < -0.4 is 5.32 Å². The van der Waals surface area contributed by atoms with Crippen LogP contribution in [-0.2, 0) is 4.79 Å². The van der Waals surface area contributed by atoms with Crippen molar-refractivity contribution in [3.05, 3.63) is 50.9 Å². The number of thiophene rings is 1. The first-order valence-corrected chi connectivity index (χ1v) is 8.45. The molecule has 0 fully saturated rings. The monoisotopic (exact) mass is 332 g/mol. The van der Waals surface area contributed by atoms with Crippen LogP contribution in [0.5, 0.6) is 0 Å². The summed E-state index contributed by atoms with van der Waals surface area (Å²) in [4.78, 5) is 18.3. The number of hydrogen-bond donors (Lipinski definition) is 1. The maximum atomic E-state index is 12.3. The van der Waals surface area contributed by atoms with Gasteiger partial charge in [0.05, 0.1) is 5.71 Å². The van der Waals surface area contributed by atoms with E-state index in [4.69, 9.17) is 16.6 Å². The Morgan fingerprint density at radius 2 is 1.95 bits per heavy atom. The number of hydrogen-bond acceptors (Lipinski definition) is 3. The Bertz CT molecular complexity index is 762. The van der Waals surface area contributed by atoms with Gasteiger partial charge >= 0.3 is 0 Å². The number of anilines is 1. The second kappa shape index (κ2) is 5.86. The highest BCUT2D eigenvalue weighted by Gasteiger charge is 2.28. The van der Waals surface area contributed by atoms with Crippen LogP contribution >= 0.6 is 22.9 Å². The van der Waals surface area contributed by atoms with Crippen LogP contribution in [0.15, 0.2) is 29.3 Å². The third-order valence-electron chi connectivity index (χ3n) is 3.95. The lowest BCUT2D eigenvalue weighted by atomic mass is 10.00. The van der Waals surface area contributed by atoms with Crippen LogP contribution in [0.2, 0.25) is 5.02 Å². The molecule has 1 aliphatic heterocycles. The maximum Gasteiger partial charge on any atom is 0.249 e. The predicted octanol–water partition coefficient (Wildman–Crippen LogP) is 4.59. The summed E-state index contributed by atoms with van der Waals surface area (Å²) < 4.78 is 0. The van der Waals surface area contributed by atoms with E-state index in [9.17, 15) is 4.79 Å². The van der Waals surface area contributed by atoms with Crippen LogP contribution in [-0.4, -0.2) is 17.7 Å². The molecule has 0 radical (unpaired) electrons. The number of halogens is 1. The van der Waals surface area contributed by atoms with Gasteiger partial charge in [-0.05, 0) is 38.0 Å². The van der Waals surface area contributed by atoms with E-state index >= 15 is 0 Å². The number of aliphatic imine (C=N–C) groups is 1. The average Bonchev–Trinajstić information content (AvgIpc) is 2.68. The van der Waals surface area contributed by atoms with Gasteiger partial charge < -0.3 is 5.32 Å². The number of nitrogens with one attached hydrogen (secondary N) is 1. The maximum absolute atomic E-state index is 12.3. The minimum Gasteiger partial charge on any atom is -0.315 e. The molecular formula is C17H17ClN2OS. The molecule has 3 nitrogen and oxygen atoms in total. The Morgan fingerprint density at radius 1 is 1.27 bits per heavy atom. The van der Waals surface area contributed by atoms with Crippen molar-refractivity contribution < 1.29 is 4.79 Å². The van der Waals surface area contributed by atoms with E-state index in [1.54, 1.807) is 11.3 Å². The molecule has 1 amide bonds. The zero-order valence-corrected chi connectivity index (χ0v) is 14.3. The molecule has 2 aromatic rings. The van der Waals surface area contributed by atoms with Gasteiger partial charge in [0.25, 0.3) is 0 Å². The standard InChI is InChI=1S/C17H17ClN2OS/c1-4-13-16(21)20-17-14(9(2)10(3)22-17)15(19-13)11-5-7-12(18)8-6-11/h5-8,13H,4H2,1-3H3,(H,20,21)/t13-/m0/s1. The molecular weight excluding hydrogens is 316 g/mol. The molecule has 22 heavy (non-hydrogen) atoms. The van der Waals surface area contributed by atoms with E-state index < -0.39 is 0 Å². The van der Waals surface area contributed by atoms with E-state index in [1.807, 2.05) is 31.2 Å². The lowest BCUT2D eigenvalue weighted by molar-refractivity contribution is -0.117. The van der Waals surface area contributed by atoms with Gasteiger partial charge in [0.2, 0.25) is 5.91 Å². The smallest absolute Gasteiger partial charge is 0.249 e. The lowest BCUT2D eigenvalue weighted by Crippen LogP contribution is -2.24. The fourth-order valence-corrected chi connectivity index (χ4v) is 3.77. The molecule has 5 heteroatoms. The Morgan fingerprint density at radius 3 is 2.59 bits per heavy atom. The Kier molecular flexibility index (Phi) is 4.06. The second-order valence-corrected chi connectivity index (χ2v) is 7.05. The molecule has 0 bridgehead atoms. The molecule has 1 aromatic carbocycles. The van der Waals surface area contributed by atoms with Crippen LogP contribution in [0.4, 0.5) is 5.00 Å². The molecule has 0 unspecified atom stereocenters. The van der Waals surface area contributed by atoms with E-state index in [0.717, 1.165) is 21.8 Å². The molecule has 0 aliphatic carbocycles. The first kappa shape index (κ1) is 15.3. The van der Waals surface area contributed by atoms with Crippen molar-refractivity contribution in [1.82, 2.24) is 0 Å². The van der Waals surface area contributed by atoms with Gasteiger partial charge in [-0.15, -0.1) is 11.3 Å². The molecule has 1 aliphatic rings. The third-order valence-corrected chi connectivity index (χ3v) is 5.33. The third kappa shape index (κ3) is 2.57. The molecule has 1 N–H and O–H groups in total. The van der Waals surface area contributed by atoms with Crippen LogP contribution in [0.25, 0.3) is 0 Å².